The SMILES string of the molecule is O=C(Cc1ccccc1O)NCC1(O)CCNC1. The predicted octanol–water partition coefficient (Wildman–Crippen LogP) is -0.225. The van der Waals surface area contributed by atoms with Gasteiger partial charge in [-0.05, 0) is 19.0 Å². The third-order valence-electron chi connectivity index (χ3n) is 3.18. The number of aliphatic hydroxyl groups is 1. The van der Waals surface area contributed by atoms with Gasteiger partial charge in [0.2, 0.25) is 5.91 Å². The number of para-hydroxylation sites is 1. The first-order chi connectivity index (χ1) is 8.59. The van der Waals surface area contributed by atoms with E-state index in [4.69, 9.17) is 0 Å². The van der Waals surface area contributed by atoms with E-state index in [0.717, 1.165) is 6.54 Å². The van der Waals surface area contributed by atoms with Crippen LogP contribution in [0.4, 0.5) is 0 Å². The van der Waals surface area contributed by atoms with E-state index in [1.165, 1.54) is 0 Å². The van der Waals surface area contributed by atoms with Crippen LogP contribution in [0.15, 0.2) is 24.3 Å². The summed E-state index contributed by atoms with van der Waals surface area (Å²) >= 11 is 0. The molecule has 4 N–H and O–H groups in total. The number of phenols is 1. The topological polar surface area (TPSA) is 81.6 Å². The lowest BCUT2D eigenvalue weighted by Crippen LogP contribution is -2.44. The molecule has 1 amide bonds. The van der Waals surface area contributed by atoms with Gasteiger partial charge >= 0.3 is 0 Å². The van der Waals surface area contributed by atoms with Gasteiger partial charge in [0.05, 0.1) is 12.0 Å². The van der Waals surface area contributed by atoms with Crippen molar-refractivity contribution in [1.82, 2.24) is 10.6 Å². The second-order valence-electron chi connectivity index (χ2n) is 4.73. The molecule has 2 rings (SSSR count). The van der Waals surface area contributed by atoms with E-state index in [1.807, 2.05) is 0 Å². The fraction of sp³-hybridized carbons (Fsp3) is 0.462. The van der Waals surface area contributed by atoms with Gasteiger partial charge in [0.25, 0.3) is 0 Å². The van der Waals surface area contributed by atoms with Crippen LogP contribution in [0.25, 0.3) is 0 Å². The Labute approximate surface area is 106 Å². The number of carbonyl (C=O) groups excluding carboxylic acids is 1. The van der Waals surface area contributed by atoms with Gasteiger partial charge in [0.1, 0.15) is 5.75 Å². The average Bonchev–Trinajstić information content (AvgIpc) is 2.77. The Kier molecular flexibility index (Phi) is 3.84. The number of rotatable bonds is 4. The van der Waals surface area contributed by atoms with Crippen LogP contribution < -0.4 is 10.6 Å². The van der Waals surface area contributed by atoms with Crippen molar-refractivity contribution in [3.63, 3.8) is 0 Å². The number of β-amino-alcohol motifs (C(OH)–C–C–N with tert-alkyl or cyclic N) is 1. The number of aromatic hydroxyl groups is 1. The molecule has 1 aromatic rings. The van der Waals surface area contributed by atoms with Crippen LogP contribution in [-0.4, -0.2) is 41.4 Å². The number of hydrogen-bond donors (Lipinski definition) is 4. The first-order valence-electron chi connectivity index (χ1n) is 6.06. The minimum absolute atomic E-state index is 0.119. The second kappa shape index (κ2) is 5.37. The maximum atomic E-state index is 11.7. The van der Waals surface area contributed by atoms with Crippen LogP contribution in [0.1, 0.15) is 12.0 Å². The summed E-state index contributed by atoms with van der Waals surface area (Å²) in [5.41, 5.74) is -0.250. The number of carbonyl (C=O) groups is 1. The molecule has 1 atom stereocenters. The Balaban J connectivity index is 1.84. The lowest BCUT2D eigenvalue weighted by atomic mass is 10.0. The van der Waals surface area contributed by atoms with Crippen LogP contribution >= 0.6 is 0 Å². The van der Waals surface area contributed by atoms with Crippen molar-refractivity contribution >= 4 is 5.91 Å². The molecule has 0 saturated carbocycles. The number of nitrogens with one attached hydrogen (secondary N) is 2. The Bertz CT molecular complexity index is 428. The lowest BCUT2D eigenvalue weighted by Gasteiger charge is -2.21. The zero-order chi connectivity index (χ0) is 13.0. The average molecular weight is 250 g/mol. The fourth-order valence-electron chi connectivity index (χ4n) is 2.04. The Morgan fingerprint density at radius 2 is 2.22 bits per heavy atom. The van der Waals surface area contributed by atoms with Crippen molar-refractivity contribution < 1.29 is 15.0 Å². The van der Waals surface area contributed by atoms with E-state index in [1.54, 1.807) is 24.3 Å². The van der Waals surface area contributed by atoms with Gasteiger partial charge in [-0.15, -0.1) is 0 Å². The zero-order valence-corrected chi connectivity index (χ0v) is 10.1. The van der Waals surface area contributed by atoms with Crippen molar-refractivity contribution in [2.45, 2.75) is 18.4 Å². The van der Waals surface area contributed by atoms with E-state index >= 15 is 0 Å². The van der Waals surface area contributed by atoms with E-state index in [-0.39, 0.29) is 24.6 Å². The summed E-state index contributed by atoms with van der Waals surface area (Å²) in [6.07, 6.45) is 0.764. The van der Waals surface area contributed by atoms with Gasteiger partial charge < -0.3 is 20.8 Å². The van der Waals surface area contributed by atoms with E-state index in [9.17, 15) is 15.0 Å². The number of benzene rings is 1. The summed E-state index contributed by atoms with van der Waals surface area (Å²) in [6, 6.07) is 6.75. The smallest absolute Gasteiger partial charge is 0.224 e. The molecule has 1 aliphatic heterocycles. The molecular formula is C13H18N2O3. The maximum absolute atomic E-state index is 11.7. The van der Waals surface area contributed by atoms with Crippen molar-refractivity contribution in [3.8, 4) is 5.75 Å². The van der Waals surface area contributed by atoms with Crippen LogP contribution in [0, 0.1) is 0 Å². The highest BCUT2D eigenvalue weighted by molar-refractivity contribution is 5.79. The summed E-state index contributed by atoms with van der Waals surface area (Å²) in [4.78, 5) is 11.7. The standard InChI is InChI=1S/C13H18N2O3/c16-11-4-2-1-3-10(11)7-12(17)15-9-13(18)5-6-14-8-13/h1-4,14,16,18H,5-9H2,(H,15,17). The molecule has 0 aromatic heterocycles. The van der Waals surface area contributed by atoms with Gasteiger partial charge in [-0.2, -0.15) is 0 Å². The normalized spacial score (nSPS) is 22.9. The molecule has 1 fully saturated rings. The molecule has 1 heterocycles. The molecule has 5 heteroatoms. The summed E-state index contributed by atoms with van der Waals surface area (Å²) in [6.45, 7) is 1.52. The van der Waals surface area contributed by atoms with Gasteiger partial charge in [0, 0.05) is 18.7 Å². The molecule has 1 aliphatic rings. The zero-order valence-electron chi connectivity index (χ0n) is 10.1. The van der Waals surface area contributed by atoms with Crippen LogP contribution in [0.5, 0.6) is 5.75 Å². The van der Waals surface area contributed by atoms with Gasteiger partial charge in [-0.25, -0.2) is 0 Å². The molecule has 98 valence electrons. The number of phenolic OH excluding ortho intramolecular Hbond substituents is 1. The molecule has 1 saturated heterocycles. The van der Waals surface area contributed by atoms with Gasteiger partial charge in [-0.1, -0.05) is 18.2 Å². The van der Waals surface area contributed by atoms with E-state index < -0.39 is 5.60 Å². The highest BCUT2D eigenvalue weighted by Crippen LogP contribution is 2.16. The molecule has 0 bridgehead atoms. The summed E-state index contributed by atoms with van der Waals surface area (Å²) in [5.74, 6) is -0.0780. The van der Waals surface area contributed by atoms with Crippen molar-refractivity contribution in [2.24, 2.45) is 0 Å². The predicted molar refractivity (Wildman–Crippen MR) is 67.3 cm³/mol. The molecule has 1 aromatic carbocycles. The molecule has 0 aliphatic carbocycles. The molecule has 0 radical (unpaired) electrons. The summed E-state index contributed by atoms with van der Waals surface area (Å²) < 4.78 is 0. The third-order valence-corrected chi connectivity index (χ3v) is 3.18. The highest BCUT2D eigenvalue weighted by Gasteiger charge is 2.31. The second-order valence-corrected chi connectivity index (χ2v) is 4.73. The van der Waals surface area contributed by atoms with Crippen LogP contribution in [0.3, 0.4) is 0 Å². The number of hydrogen-bond acceptors (Lipinski definition) is 4. The molecule has 5 nitrogen and oxygen atoms in total. The first kappa shape index (κ1) is 12.9. The Morgan fingerprint density at radius 1 is 1.44 bits per heavy atom. The monoisotopic (exact) mass is 250 g/mol. The lowest BCUT2D eigenvalue weighted by molar-refractivity contribution is -0.121. The Morgan fingerprint density at radius 3 is 2.89 bits per heavy atom. The van der Waals surface area contributed by atoms with E-state index in [0.29, 0.717) is 18.5 Å². The molecule has 18 heavy (non-hydrogen) atoms. The molecule has 0 spiro atoms. The maximum Gasteiger partial charge on any atom is 0.224 e. The van der Waals surface area contributed by atoms with Gasteiger partial charge in [0.15, 0.2) is 0 Å². The van der Waals surface area contributed by atoms with Crippen molar-refractivity contribution in [3.05, 3.63) is 29.8 Å². The molecule has 1 unspecified atom stereocenters. The summed E-state index contributed by atoms with van der Waals surface area (Å²) in [7, 11) is 0. The molecular weight excluding hydrogens is 232 g/mol. The van der Waals surface area contributed by atoms with Crippen LogP contribution in [-0.2, 0) is 11.2 Å². The summed E-state index contributed by atoms with van der Waals surface area (Å²) in [5, 5.41) is 25.3. The minimum Gasteiger partial charge on any atom is -0.508 e. The third kappa shape index (κ3) is 3.21. The number of amides is 1. The van der Waals surface area contributed by atoms with Crippen molar-refractivity contribution in [1.29, 1.82) is 0 Å². The largest absolute Gasteiger partial charge is 0.508 e. The first-order valence-corrected chi connectivity index (χ1v) is 6.06. The quantitative estimate of drug-likeness (QED) is 0.595. The van der Waals surface area contributed by atoms with Gasteiger partial charge in [-0.3, -0.25) is 4.79 Å². The fourth-order valence-corrected chi connectivity index (χ4v) is 2.04. The van der Waals surface area contributed by atoms with Crippen molar-refractivity contribution in [2.75, 3.05) is 19.6 Å². The van der Waals surface area contributed by atoms with Crippen LogP contribution in [0.2, 0.25) is 0 Å². The van der Waals surface area contributed by atoms with E-state index in [2.05, 4.69) is 10.6 Å². The highest BCUT2D eigenvalue weighted by atomic mass is 16.3. The minimum atomic E-state index is -0.839. The Hall–Kier alpha value is -1.59.